The Morgan fingerprint density at radius 1 is 1.43 bits per heavy atom. The second-order valence-electron chi connectivity index (χ2n) is 1.87. The third-order valence-corrected chi connectivity index (χ3v) is 1.14. The van der Waals surface area contributed by atoms with Crippen molar-refractivity contribution in [2.75, 3.05) is 5.33 Å². The van der Waals surface area contributed by atoms with Gasteiger partial charge in [-0.05, 0) is 12.3 Å². The minimum Gasteiger partial charge on any atom is -0.153 e. The predicted molar refractivity (Wildman–Crippen MR) is 44.4 cm³/mol. The molecule has 0 rings (SSSR count). The highest BCUT2D eigenvalue weighted by molar-refractivity contribution is 9.09. The molecule has 0 heterocycles. The Balaban J connectivity index is 0. The fourth-order valence-electron chi connectivity index (χ4n) is 0.218. The zero-order chi connectivity index (χ0) is 4.99. The van der Waals surface area contributed by atoms with E-state index in [0.29, 0.717) is 0 Å². The van der Waals surface area contributed by atoms with Crippen molar-refractivity contribution in [3.63, 3.8) is 0 Å². The summed E-state index contributed by atoms with van der Waals surface area (Å²) in [5.41, 5.74) is 0. The monoisotopic (exact) mass is 184 g/mol. The van der Waals surface area contributed by atoms with Crippen molar-refractivity contribution in [3.05, 3.63) is 0 Å². The lowest BCUT2D eigenvalue weighted by Crippen LogP contribution is -1.84. The molecule has 46 valence electrons. The largest absolute Gasteiger partial charge is 0.153 e. The lowest BCUT2D eigenvalue weighted by Gasteiger charge is -1.94. The molecular formula is C5H14BrP. The minimum absolute atomic E-state index is 0. The van der Waals surface area contributed by atoms with Gasteiger partial charge in [0.25, 0.3) is 0 Å². The zero-order valence-corrected chi connectivity index (χ0v) is 8.08. The van der Waals surface area contributed by atoms with E-state index in [0.717, 1.165) is 11.2 Å². The van der Waals surface area contributed by atoms with Gasteiger partial charge in [0, 0.05) is 5.33 Å². The first kappa shape index (κ1) is 10.8. The van der Waals surface area contributed by atoms with Crippen LogP contribution < -0.4 is 0 Å². The van der Waals surface area contributed by atoms with Gasteiger partial charge in [-0.2, -0.15) is 9.90 Å². The van der Waals surface area contributed by atoms with Crippen molar-refractivity contribution in [1.29, 1.82) is 0 Å². The second kappa shape index (κ2) is 6.91. The molecule has 0 spiro atoms. The Kier molecular flexibility index (Phi) is 10.7. The van der Waals surface area contributed by atoms with Gasteiger partial charge >= 0.3 is 0 Å². The van der Waals surface area contributed by atoms with E-state index in [1.54, 1.807) is 0 Å². The molecule has 0 aliphatic heterocycles. The van der Waals surface area contributed by atoms with Gasteiger partial charge in [0.05, 0.1) is 0 Å². The molecule has 0 aromatic carbocycles. The molecule has 0 nitrogen and oxygen atoms in total. The summed E-state index contributed by atoms with van der Waals surface area (Å²) in [6.45, 7) is 4.45. The first-order valence-corrected chi connectivity index (χ1v) is 3.45. The van der Waals surface area contributed by atoms with Gasteiger partial charge in [0.2, 0.25) is 0 Å². The smallest absolute Gasteiger partial charge is 0.00337 e. The van der Waals surface area contributed by atoms with Crippen molar-refractivity contribution in [1.82, 2.24) is 0 Å². The van der Waals surface area contributed by atoms with Crippen LogP contribution in [0.25, 0.3) is 0 Å². The fraction of sp³-hybridized carbons (Fsp3) is 1.00. The van der Waals surface area contributed by atoms with Crippen LogP contribution in [0.3, 0.4) is 0 Å². The number of hydrogen-bond donors (Lipinski definition) is 0. The number of alkyl halides is 1. The predicted octanol–water partition coefficient (Wildman–Crippen LogP) is 2.49. The van der Waals surface area contributed by atoms with Crippen LogP contribution in [-0.2, 0) is 0 Å². The van der Waals surface area contributed by atoms with Crippen molar-refractivity contribution >= 4 is 25.8 Å². The summed E-state index contributed by atoms with van der Waals surface area (Å²) in [6, 6.07) is 0. The molecule has 0 saturated heterocycles. The maximum Gasteiger partial charge on any atom is 0.00337 e. The summed E-state index contributed by atoms with van der Waals surface area (Å²) in [6.07, 6.45) is 1.29. The summed E-state index contributed by atoms with van der Waals surface area (Å²) in [5, 5.41) is 1.14. The molecule has 0 radical (unpaired) electrons. The summed E-state index contributed by atoms with van der Waals surface area (Å²) >= 11 is 3.35. The molecule has 0 bridgehead atoms. The Labute approximate surface area is 57.8 Å². The SMILES string of the molecule is CC(C)CCBr.P. The molecule has 1 unspecified atom stereocenters. The highest BCUT2D eigenvalue weighted by atomic mass is 79.9. The molecule has 0 amide bonds. The average molecular weight is 185 g/mol. The van der Waals surface area contributed by atoms with Crippen LogP contribution in [0.5, 0.6) is 0 Å². The summed E-state index contributed by atoms with van der Waals surface area (Å²) < 4.78 is 0. The first-order chi connectivity index (χ1) is 2.77. The molecular weight excluding hydrogens is 171 g/mol. The maximum absolute atomic E-state index is 3.35. The zero-order valence-electron chi connectivity index (χ0n) is 5.08. The summed E-state index contributed by atoms with van der Waals surface area (Å²) in [7, 11) is 0. The second-order valence-corrected chi connectivity index (χ2v) is 2.66. The van der Waals surface area contributed by atoms with Gasteiger partial charge in [-0.3, -0.25) is 0 Å². The third kappa shape index (κ3) is 10.9. The van der Waals surface area contributed by atoms with E-state index in [1.807, 2.05) is 0 Å². The molecule has 0 saturated carbocycles. The Morgan fingerprint density at radius 2 is 1.86 bits per heavy atom. The lowest BCUT2D eigenvalue weighted by atomic mass is 10.2. The topological polar surface area (TPSA) is 0 Å². The summed E-state index contributed by atoms with van der Waals surface area (Å²) in [5.74, 6) is 0.851. The first-order valence-electron chi connectivity index (χ1n) is 2.33. The van der Waals surface area contributed by atoms with Crippen LogP contribution in [-0.4, -0.2) is 5.33 Å². The Hall–Kier alpha value is 0.910. The normalized spacial score (nSPS) is 8.57. The van der Waals surface area contributed by atoms with E-state index in [4.69, 9.17) is 0 Å². The lowest BCUT2D eigenvalue weighted by molar-refractivity contribution is 0.634. The number of halogens is 1. The van der Waals surface area contributed by atoms with Gasteiger partial charge in [0.15, 0.2) is 0 Å². The number of rotatable bonds is 2. The highest BCUT2D eigenvalue weighted by Crippen LogP contribution is 2.00. The third-order valence-electron chi connectivity index (χ3n) is 0.686. The summed E-state index contributed by atoms with van der Waals surface area (Å²) in [4.78, 5) is 0. The van der Waals surface area contributed by atoms with E-state index in [1.165, 1.54) is 6.42 Å². The van der Waals surface area contributed by atoms with Crippen LogP contribution in [0.4, 0.5) is 0 Å². The molecule has 0 aliphatic carbocycles. The molecule has 7 heavy (non-hydrogen) atoms. The fourth-order valence-corrected chi connectivity index (χ4v) is 1.13. The number of hydrogen-bond acceptors (Lipinski definition) is 0. The molecule has 0 aromatic heterocycles. The van der Waals surface area contributed by atoms with Crippen LogP contribution >= 0.6 is 25.8 Å². The van der Waals surface area contributed by atoms with Gasteiger partial charge in [-0.15, -0.1) is 0 Å². The molecule has 0 aliphatic rings. The molecule has 0 fully saturated rings. The van der Waals surface area contributed by atoms with Crippen molar-refractivity contribution < 1.29 is 0 Å². The molecule has 0 N–H and O–H groups in total. The van der Waals surface area contributed by atoms with Gasteiger partial charge < -0.3 is 0 Å². The standard InChI is InChI=1S/C5H11Br.H3P/c1-5(2)3-4-6;/h5H,3-4H2,1-2H3;1H3. The van der Waals surface area contributed by atoms with E-state index in [-0.39, 0.29) is 9.90 Å². The van der Waals surface area contributed by atoms with E-state index in [9.17, 15) is 0 Å². The van der Waals surface area contributed by atoms with Crippen LogP contribution in [0, 0.1) is 5.92 Å². The van der Waals surface area contributed by atoms with Gasteiger partial charge in [0.1, 0.15) is 0 Å². The molecule has 0 aromatic rings. The van der Waals surface area contributed by atoms with Crippen LogP contribution in [0.15, 0.2) is 0 Å². The van der Waals surface area contributed by atoms with Crippen LogP contribution in [0.2, 0.25) is 0 Å². The highest BCUT2D eigenvalue weighted by Gasteiger charge is 1.86. The minimum atomic E-state index is 0. The van der Waals surface area contributed by atoms with Crippen molar-refractivity contribution in [3.8, 4) is 0 Å². The Morgan fingerprint density at radius 3 is 1.86 bits per heavy atom. The van der Waals surface area contributed by atoms with E-state index < -0.39 is 0 Å². The molecule has 1 atom stereocenters. The van der Waals surface area contributed by atoms with Crippen molar-refractivity contribution in [2.45, 2.75) is 20.3 Å². The van der Waals surface area contributed by atoms with E-state index in [2.05, 4.69) is 29.8 Å². The quantitative estimate of drug-likeness (QED) is 0.458. The van der Waals surface area contributed by atoms with E-state index >= 15 is 0 Å². The van der Waals surface area contributed by atoms with Gasteiger partial charge in [-0.25, -0.2) is 0 Å². The Bertz CT molecular complexity index is 29.3. The van der Waals surface area contributed by atoms with Gasteiger partial charge in [-0.1, -0.05) is 29.8 Å². The molecule has 2 heteroatoms. The maximum atomic E-state index is 3.35. The average Bonchev–Trinajstić information content (AvgIpc) is 1.35. The van der Waals surface area contributed by atoms with Crippen LogP contribution in [0.1, 0.15) is 20.3 Å². The van der Waals surface area contributed by atoms with Crippen molar-refractivity contribution in [2.24, 2.45) is 5.92 Å².